The summed E-state index contributed by atoms with van der Waals surface area (Å²) in [4.78, 5) is 15.5. The number of allylic oxidation sites excluding steroid dienone is 2. The van der Waals surface area contributed by atoms with E-state index < -0.39 is 0 Å². The van der Waals surface area contributed by atoms with E-state index >= 15 is 0 Å². The van der Waals surface area contributed by atoms with Gasteiger partial charge >= 0.3 is 0 Å². The van der Waals surface area contributed by atoms with Crippen LogP contribution in [0.15, 0.2) is 25.3 Å². The van der Waals surface area contributed by atoms with Crippen LogP contribution in [0.2, 0.25) is 0 Å². The van der Waals surface area contributed by atoms with E-state index in [1.54, 1.807) is 17.7 Å². The smallest absolute Gasteiger partial charge is 0.205 e. The predicted molar refractivity (Wildman–Crippen MR) is 56.0 cm³/mol. The second-order valence-electron chi connectivity index (χ2n) is 2.88. The molecule has 0 aliphatic rings. The molecule has 0 aromatic carbocycles. The van der Waals surface area contributed by atoms with Crippen molar-refractivity contribution in [2.45, 2.75) is 6.42 Å². The summed E-state index contributed by atoms with van der Waals surface area (Å²) in [5.41, 5.74) is 6.00. The minimum absolute atomic E-state index is 0.215. The number of anilines is 1. The van der Waals surface area contributed by atoms with Gasteiger partial charge in [-0.25, -0.2) is 4.98 Å². The highest BCUT2D eigenvalue weighted by Crippen LogP contribution is 2.14. The monoisotopic (exact) mass is 191 g/mol. The van der Waals surface area contributed by atoms with E-state index in [9.17, 15) is 4.79 Å². The van der Waals surface area contributed by atoms with Crippen LogP contribution < -0.4 is 5.73 Å². The molecule has 4 nitrogen and oxygen atoms in total. The Bertz CT molecular complexity index is 390. The van der Waals surface area contributed by atoms with Crippen LogP contribution in [0.4, 0.5) is 5.82 Å². The van der Waals surface area contributed by atoms with Crippen molar-refractivity contribution in [3.8, 4) is 0 Å². The minimum atomic E-state index is -0.215. The molecule has 4 heteroatoms. The maximum Gasteiger partial charge on any atom is 0.205 e. The van der Waals surface area contributed by atoms with Gasteiger partial charge in [-0.2, -0.15) is 0 Å². The third kappa shape index (κ3) is 1.59. The first-order valence-electron chi connectivity index (χ1n) is 4.20. The highest BCUT2D eigenvalue weighted by atomic mass is 16.1. The van der Waals surface area contributed by atoms with Gasteiger partial charge < -0.3 is 10.3 Å². The van der Waals surface area contributed by atoms with Crippen LogP contribution in [0.5, 0.6) is 0 Å². The van der Waals surface area contributed by atoms with Crippen LogP contribution >= 0.6 is 0 Å². The molecule has 1 aromatic rings. The summed E-state index contributed by atoms with van der Waals surface area (Å²) < 4.78 is 1.67. The van der Waals surface area contributed by atoms with Crippen LogP contribution in [0.3, 0.4) is 0 Å². The molecule has 0 unspecified atom stereocenters. The first-order chi connectivity index (χ1) is 6.61. The second kappa shape index (κ2) is 3.91. The largest absolute Gasteiger partial charge is 0.382 e. The SMILES string of the molecule is C=CCc1nc(N)c(C(=O)C=C)n1C. The van der Waals surface area contributed by atoms with Crippen molar-refractivity contribution in [3.05, 3.63) is 36.8 Å². The third-order valence-corrected chi connectivity index (χ3v) is 1.96. The van der Waals surface area contributed by atoms with Gasteiger partial charge in [0.25, 0.3) is 0 Å². The van der Waals surface area contributed by atoms with Crippen LogP contribution in [0, 0.1) is 0 Å². The van der Waals surface area contributed by atoms with Crippen molar-refractivity contribution in [1.29, 1.82) is 0 Å². The molecule has 1 rings (SSSR count). The second-order valence-corrected chi connectivity index (χ2v) is 2.88. The van der Waals surface area contributed by atoms with E-state index in [0.717, 1.165) is 5.82 Å². The summed E-state index contributed by atoms with van der Waals surface area (Å²) in [7, 11) is 1.75. The lowest BCUT2D eigenvalue weighted by molar-refractivity contribution is 0.104. The molecule has 14 heavy (non-hydrogen) atoms. The summed E-state index contributed by atoms with van der Waals surface area (Å²) in [5, 5.41) is 0. The average Bonchev–Trinajstić information content (AvgIpc) is 2.42. The Morgan fingerprint density at radius 2 is 2.29 bits per heavy atom. The van der Waals surface area contributed by atoms with Crippen LogP contribution in [0.1, 0.15) is 16.3 Å². The van der Waals surface area contributed by atoms with Gasteiger partial charge in [-0.15, -0.1) is 6.58 Å². The Morgan fingerprint density at radius 3 is 2.79 bits per heavy atom. The van der Waals surface area contributed by atoms with E-state index in [4.69, 9.17) is 5.73 Å². The first kappa shape index (κ1) is 10.2. The van der Waals surface area contributed by atoms with Crippen molar-refractivity contribution < 1.29 is 4.79 Å². The van der Waals surface area contributed by atoms with E-state index in [-0.39, 0.29) is 11.6 Å². The number of imidazole rings is 1. The van der Waals surface area contributed by atoms with Gasteiger partial charge in [0, 0.05) is 13.5 Å². The number of hydrogen-bond acceptors (Lipinski definition) is 3. The van der Waals surface area contributed by atoms with Gasteiger partial charge in [0.2, 0.25) is 5.78 Å². The Morgan fingerprint density at radius 1 is 1.64 bits per heavy atom. The molecule has 0 aliphatic heterocycles. The molecular weight excluding hydrogens is 178 g/mol. The quantitative estimate of drug-likeness (QED) is 0.440. The van der Waals surface area contributed by atoms with E-state index in [0.29, 0.717) is 12.1 Å². The third-order valence-electron chi connectivity index (χ3n) is 1.96. The lowest BCUT2D eigenvalue weighted by Gasteiger charge is -2.00. The molecule has 0 radical (unpaired) electrons. The number of hydrogen-bond donors (Lipinski definition) is 1. The van der Waals surface area contributed by atoms with Crippen molar-refractivity contribution in [2.24, 2.45) is 7.05 Å². The lowest BCUT2D eigenvalue weighted by atomic mass is 10.3. The topological polar surface area (TPSA) is 60.9 Å². The molecule has 0 saturated heterocycles. The molecule has 1 heterocycles. The number of rotatable bonds is 4. The number of nitrogens with zero attached hydrogens (tertiary/aromatic N) is 2. The maximum absolute atomic E-state index is 11.4. The molecule has 0 atom stereocenters. The molecule has 1 aromatic heterocycles. The highest BCUT2D eigenvalue weighted by Gasteiger charge is 2.15. The highest BCUT2D eigenvalue weighted by molar-refractivity contribution is 6.06. The summed E-state index contributed by atoms with van der Waals surface area (Å²) >= 11 is 0. The molecule has 74 valence electrons. The molecule has 0 aliphatic carbocycles. The molecule has 2 N–H and O–H groups in total. The zero-order valence-corrected chi connectivity index (χ0v) is 8.16. The fraction of sp³-hybridized carbons (Fsp3) is 0.200. The van der Waals surface area contributed by atoms with Crippen LogP contribution in [0.25, 0.3) is 0 Å². The Kier molecular flexibility index (Phi) is 2.86. The molecular formula is C10H13N3O. The van der Waals surface area contributed by atoms with Crippen molar-refractivity contribution >= 4 is 11.6 Å². The molecule has 0 amide bonds. The normalized spacial score (nSPS) is 9.79. The predicted octanol–water partition coefficient (Wildman–Crippen LogP) is 1.10. The summed E-state index contributed by atoms with van der Waals surface area (Å²) in [6, 6.07) is 0. The van der Waals surface area contributed by atoms with Gasteiger partial charge in [0.05, 0.1) is 0 Å². The van der Waals surface area contributed by atoms with Crippen molar-refractivity contribution in [3.63, 3.8) is 0 Å². The first-order valence-corrected chi connectivity index (χ1v) is 4.20. The van der Waals surface area contributed by atoms with Gasteiger partial charge in [0.1, 0.15) is 11.5 Å². The van der Waals surface area contributed by atoms with Crippen LogP contribution in [-0.2, 0) is 13.5 Å². The molecule has 0 fully saturated rings. The van der Waals surface area contributed by atoms with Crippen LogP contribution in [-0.4, -0.2) is 15.3 Å². The van der Waals surface area contributed by atoms with Gasteiger partial charge in [-0.3, -0.25) is 4.79 Å². The van der Waals surface area contributed by atoms with E-state index in [1.807, 2.05) is 0 Å². The van der Waals surface area contributed by atoms with Crippen molar-refractivity contribution in [1.82, 2.24) is 9.55 Å². The molecule has 0 saturated carbocycles. The van der Waals surface area contributed by atoms with E-state index in [1.165, 1.54) is 6.08 Å². The fourth-order valence-electron chi connectivity index (χ4n) is 1.27. The number of carbonyl (C=O) groups excluding carboxylic acids is 1. The lowest BCUT2D eigenvalue weighted by Crippen LogP contribution is -2.07. The van der Waals surface area contributed by atoms with Gasteiger partial charge in [-0.05, 0) is 6.08 Å². The molecule has 0 spiro atoms. The summed E-state index contributed by atoms with van der Waals surface area (Å²) in [5.74, 6) is 0.754. The molecule has 0 bridgehead atoms. The maximum atomic E-state index is 11.4. The van der Waals surface area contributed by atoms with Crippen molar-refractivity contribution in [2.75, 3.05) is 5.73 Å². The Labute approximate surface area is 82.7 Å². The Balaban J connectivity index is 3.23. The fourth-order valence-corrected chi connectivity index (χ4v) is 1.27. The Hall–Kier alpha value is -1.84. The number of nitrogens with two attached hydrogens (primary N) is 1. The number of carbonyl (C=O) groups is 1. The van der Waals surface area contributed by atoms with Gasteiger partial charge in [0.15, 0.2) is 5.82 Å². The summed E-state index contributed by atoms with van der Waals surface area (Å²) in [6.45, 7) is 7.01. The van der Waals surface area contributed by atoms with E-state index in [2.05, 4.69) is 18.1 Å². The van der Waals surface area contributed by atoms with Gasteiger partial charge in [-0.1, -0.05) is 12.7 Å². The minimum Gasteiger partial charge on any atom is -0.382 e. The number of ketones is 1. The zero-order chi connectivity index (χ0) is 10.7. The standard InChI is InChI=1S/C10H13N3O/c1-4-6-8-12-10(11)9(13(8)3)7(14)5-2/h4-5H,1-2,6,11H2,3H3. The average molecular weight is 191 g/mol. The number of aromatic nitrogens is 2. The zero-order valence-electron chi connectivity index (χ0n) is 8.16. The summed E-state index contributed by atoms with van der Waals surface area (Å²) in [6.07, 6.45) is 3.53. The number of nitrogen functional groups attached to an aromatic ring is 1.